The Hall–Kier alpha value is -1.85. The van der Waals surface area contributed by atoms with Crippen LogP contribution in [0, 0.1) is 0 Å². The van der Waals surface area contributed by atoms with E-state index in [9.17, 15) is 9.59 Å². The summed E-state index contributed by atoms with van der Waals surface area (Å²) >= 11 is 5.78. The van der Waals surface area contributed by atoms with Crippen LogP contribution in [0.3, 0.4) is 0 Å². The van der Waals surface area contributed by atoms with Gasteiger partial charge in [0.25, 0.3) is 0 Å². The average molecular weight is 283 g/mol. The van der Waals surface area contributed by atoms with E-state index in [1.54, 1.807) is 24.3 Å². The van der Waals surface area contributed by atoms with Crippen LogP contribution in [-0.2, 0) is 24.1 Å². The normalized spacial score (nSPS) is 17.9. The van der Waals surface area contributed by atoms with Gasteiger partial charge in [-0.15, -0.1) is 0 Å². The summed E-state index contributed by atoms with van der Waals surface area (Å²) in [5, 5.41) is 0.592. The molecule has 1 atom stereocenters. The Morgan fingerprint density at radius 2 is 2.05 bits per heavy atom. The van der Waals surface area contributed by atoms with Crippen LogP contribution in [0.1, 0.15) is 12.0 Å². The Bertz CT molecular complexity index is 520. The maximum absolute atomic E-state index is 11.7. The van der Waals surface area contributed by atoms with Gasteiger partial charge in [-0.2, -0.15) is 4.89 Å². The van der Waals surface area contributed by atoms with E-state index in [1.165, 1.54) is 13.2 Å². The molecule has 0 spiro atoms. The van der Waals surface area contributed by atoms with Crippen LogP contribution in [0.4, 0.5) is 0 Å². The number of ketones is 1. The van der Waals surface area contributed by atoms with Gasteiger partial charge in [0.15, 0.2) is 11.9 Å². The Morgan fingerprint density at radius 3 is 2.68 bits per heavy atom. The maximum atomic E-state index is 11.7. The molecule has 0 fully saturated rings. The van der Waals surface area contributed by atoms with Gasteiger partial charge in [-0.25, -0.2) is 4.79 Å². The number of halogens is 1. The predicted octanol–water partition coefficient (Wildman–Crippen LogP) is 2.14. The number of carbonyl (C=O) groups is 2. The van der Waals surface area contributed by atoms with Gasteiger partial charge in [-0.05, 0) is 24.3 Å². The van der Waals surface area contributed by atoms with Crippen LogP contribution < -0.4 is 0 Å². The summed E-state index contributed by atoms with van der Waals surface area (Å²) in [7, 11) is 1.21. The Labute approximate surface area is 114 Å². The molecule has 1 aliphatic heterocycles. The minimum atomic E-state index is -0.867. The van der Waals surface area contributed by atoms with Crippen LogP contribution >= 0.6 is 11.6 Å². The van der Waals surface area contributed by atoms with Crippen molar-refractivity contribution < 1.29 is 24.1 Å². The lowest BCUT2D eigenvalue weighted by Gasteiger charge is -2.10. The van der Waals surface area contributed by atoms with E-state index in [-0.39, 0.29) is 12.2 Å². The van der Waals surface area contributed by atoms with Crippen molar-refractivity contribution in [2.24, 2.45) is 0 Å². The number of hydrogen-bond acceptors (Lipinski definition) is 5. The summed E-state index contributed by atoms with van der Waals surface area (Å²) in [4.78, 5) is 31.4. The number of carbonyl (C=O) groups excluding carboxylic acids is 2. The van der Waals surface area contributed by atoms with Gasteiger partial charge in [-0.1, -0.05) is 11.6 Å². The Kier molecular flexibility index (Phi) is 4.19. The van der Waals surface area contributed by atoms with E-state index in [0.29, 0.717) is 10.8 Å². The molecule has 19 heavy (non-hydrogen) atoms. The number of benzene rings is 1. The third-order valence-corrected chi connectivity index (χ3v) is 2.77. The van der Waals surface area contributed by atoms with Crippen molar-refractivity contribution in [2.45, 2.75) is 12.5 Å². The molecule has 0 radical (unpaired) electrons. The first-order chi connectivity index (χ1) is 9.10. The molecule has 0 bridgehead atoms. The first-order valence-electron chi connectivity index (χ1n) is 5.52. The van der Waals surface area contributed by atoms with Crippen LogP contribution in [0.2, 0.25) is 5.02 Å². The fourth-order valence-corrected chi connectivity index (χ4v) is 1.78. The predicted molar refractivity (Wildman–Crippen MR) is 67.0 cm³/mol. The van der Waals surface area contributed by atoms with E-state index in [1.807, 2.05) is 0 Å². The third kappa shape index (κ3) is 3.33. The lowest BCUT2D eigenvalue weighted by Crippen LogP contribution is -2.21. The number of ether oxygens (including phenoxy) is 1. The van der Waals surface area contributed by atoms with Gasteiger partial charge in [0.2, 0.25) is 0 Å². The highest BCUT2D eigenvalue weighted by molar-refractivity contribution is 6.30. The average Bonchev–Trinajstić information content (AvgIpc) is 2.72. The third-order valence-electron chi connectivity index (χ3n) is 2.52. The fourth-order valence-electron chi connectivity index (χ4n) is 1.65. The van der Waals surface area contributed by atoms with Crippen LogP contribution in [0.5, 0.6) is 0 Å². The SMILES string of the molecule is COOC(=O)CC1OC(c2ccc(Cl)cc2)=CC1=O. The van der Waals surface area contributed by atoms with Crippen molar-refractivity contribution in [1.29, 1.82) is 0 Å². The quantitative estimate of drug-likeness (QED) is 0.625. The minimum Gasteiger partial charge on any atom is -0.481 e. The zero-order valence-corrected chi connectivity index (χ0v) is 10.8. The Morgan fingerprint density at radius 1 is 1.37 bits per heavy atom. The molecular formula is C13H11ClO5. The zero-order chi connectivity index (χ0) is 13.8. The molecule has 1 heterocycles. The second-order valence-corrected chi connectivity index (χ2v) is 4.29. The number of hydrogen-bond donors (Lipinski definition) is 0. The largest absolute Gasteiger partial charge is 0.481 e. The second-order valence-electron chi connectivity index (χ2n) is 3.85. The molecule has 6 heteroatoms. The van der Waals surface area contributed by atoms with Crippen molar-refractivity contribution in [3.63, 3.8) is 0 Å². The van der Waals surface area contributed by atoms with E-state index >= 15 is 0 Å². The Balaban J connectivity index is 2.03. The first-order valence-corrected chi connectivity index (χ1v) is 5.89. The molecule has 1 unspecified atom stereocenters. The summed E-state index contributed by atoms with van der Waals surface area (Å²) in [6.07, 6.45) is 0.294. The molecule has 1 aromatic rings. The summed E-state index contributed by atoms with van der Waals surface area (Å²) in [6, 6.07) is 6.85. The number of rotatable bonds is 4. The second kappa shape index (κ2) is 5.86. The summed E-state index contributed by atoms with van der Waals surface area (Å²) in [5.74, 6) is -0.526. The van der Waals surface area contributed by atoms with Crippen molar-refractivity contribution in [3.05, 3.63) is 40.9 Å². The molecule has 1 aliphatic rings. The van der Waals surface area contributed by atoms with E-state index < -0.39 is 12.1 Å². The fraction of sp³-hybridized carbons (Fsp3) is 0.231. The molecule has 0 saturated heterocycles. The van der Waals surface area contributed by atoms with Gasteiger partial charge < -0.3 is 4.74 Å². The molecule has 5 nitrogen and oxygen atoms in total. The van der Waals surface area contributed by atoms with Crippen LogP contribution in [0.15, 0.2) is 30.3 Å². The highest BCUT2D eigenvalue weighted by atomic mass is 35.5. The van der Waals surface area contributed by atoms with Gasteiger partial charge in [0, 0.05) is 16.7 Å². The van der Waals surface area contributed by atoms with Crippen molar-refractivity contribution in [2.75, 3.05) is 7.11 Å². The van der Waals surface area contributed by atoms with Gasteiger partial charge >= 0.3 is 5.97 Å². The highest BCUT2D eigenvalue weighted by Crippen LogP contribution is 2.26. The molecule has 1 aromatic carbocycles. The van der Waals surface area contributed by atoms with Crippen molar-refractivity contribution >= 4 is 29.1 Å². The minimum absolute atomic E-state index is 0.194. The molecule has 0 N–H and O–H groups in total. The smallest absolute Gasteiger partial charge is 0.346 e. The lowest BCUT2D eigenvalue weighted by atomic mass is 10.1. The summed E-state index contributed by atoms with van der Waals surface area (Å²) < 4.78 is 5.43. The molecule has 0 aromatic heterocycles. The molecule has 100 valence electrons. The van der Waals surface area contributed by atoms with E-state index in [2.05, 4.69) is 9.78 Å². The van der Waals surface area contributed by atoms with E-state index in [0.717, 1.165) is 5.56 Å². The standard InChI is InChI=1S/C13H11ClO5/c1-17-19-13(16)7-12-10(15)6-11(18-12)8-2-4-9(14)5-3-8/h2-6,12H,7H2,1H3. The van der Waals surface area contributed by atoms with E-state index in [4.69, 9.17) is 16.3 Å². The summed E-state index contributed by atoms with van der Waals surface area (Å²) in [6.45, 7) is 0. The molecule has 0 saturated carbocycles. The van der Waals surface area contributed by atoms with Gasteiger partial charge in [-0.3, -0.25) is 9.68 Å². The lowest BCUT2D eigenvalue weighted by molar-refractivity contribution is -0.256. The van der Waals surface area contributed by atoms with Crippen LogP contribution in [-0.4, -0.2) is 25.0 Å². The first kappa shape index (κ1) is 13.6. The van der Waals surface area contributed by atoms with Gasteiger partial charge in [0.05, 0.1) is 13.5 Å². The maximum Gasteiger partial charge on any atom is 0.346 e. The molecule has 0 amide bonds. The molecule has 2 rings (SSSR count). The zero-order valence-electron chi connectivity index (χ0n) is 10.1. The molecular weight excluding hydrogens is 272 g/mol. The van der Waals surface area contributed by atoms with Crippen molar-refractivity contribution in [1.82, 2.24) is 0 Å². The topological polar surface area (TPSA) is 61.8 Å². The van der Waals surface area contributed by atoms with Crippen LogP contribution in [0.25, 0.3) is 5.76 Å². The molecule has 0 aliphatic carbocycles. The highest BCUT2D eigenvalue weighted by Gasteiger charge is 2.30. The van der Waals surface area contributed by atoms with Crippen molar-refractivity contribution in [3.8, 4) is 0 Å². The summed E-state index contributed by atoms with van der Waals surface area (Å²) in [5.41, 5.74) is 0.723. The van der Waals surface area contributed by atoms with Gasteiger partial charge in [0.1, 0.15) is 5.76 Å². The monoisotopic (exact) mass is 282 g/mol.